The van der Waals surface area contributed by atoms with Crippen molar-refractivity contribution in [2.24, 2.45) is 5.18 Å². The van der Waals surface area contributed by atoms with Gasteiger partial charge in [0.05, 0.1) is 6.10 Å². The van der Waals surface area contributed by atoms with E-state index < -0.39 is 5.82 Å². The summed E-state index contributed by atoms with van der Waals surface area (Å²) in [6, 6.07) is 4.31. The second-order valence-electron chi connectivity index (χ2n) is 3.27. The molecule has 0 amide bonds. The molecule has 1 heterocycles. The molecule has 1 atom stereocenters. The molecule has 0 aromatic heterocycles. The van der Waals surface area contributed by atoms with Crippen molar-refractivity contribution < 1.29 is 9.13 Å². The van der Waals surface area contributed by atoms with Gasteiger partial charge in [-0.1, -0.05) is 6.07 Å². The molecule has 1 aliphatic heterocycles. The van der Waals surface area contributed by atoms with E-state index in [0.717, 1.165) is 12.8 Å². The Morgan fingerprint density at radius 1 is 1.50 bits per heavy atom. The van der Waals surface area contributed by atoms with Crippen molar-refractivity contribution in [3.63, 3.8) is 0 Å². The lowest BCUT2D eigenvalue weighted by Crippen LogP contribution is -1.99. The highest BCUT2D eigenvalue weighted by Crippen LogP contribution is 2.36. The summed E-state index contributed by atoms with van der Waals surface area (Å²) in [6.45, 7) is 0.622. The maximum absolute atomic E-state index is 13.4. The summed E-state index contributed by atoms with van der Waals surface area (Å²) < 4.78 is 18.7. The minimum atomic E-state index is -0.408. The van der Waals surface area contributed by atoms with Crippen molar-refractivity contribution in [1.29, 1.82) is 0 Å². The van der Waals surface area contributed by atoms with Crippen LogP contribution in [0.5, 0.6) is 0 Å². The summed E-state index contributed by atoms with van der Waals surface area (Å²) in [5.41, 5.74) is 0.455. The second kappa shape index (κ2) is 3.84. The first kappa shape index (κ1) is 9.27. The highest BCUT2D eigenvalue weighted by molar-refractivity contribution is 5.47. The monoisotopic (exact) mass is 195 g/mol. The number of ether oxygens (including phenoxy) is 1. The summed E-state index contributed by atoms with van der Waals surface area (Å²) in [7, 11) is 0. The molecule has 74 valence electrons. The molecule has 0 saturated carbocycles. The predicted molar refractivity (Wildman–Crippen MR) is 49.8 cm³/mol. The molecule has 0 aliphatic carbocycles. The summed E-state index contributed by atoms with van der Waals surface area (Å²) >= 11 is 0. The van der Waals surface area contributed by atoms with Crippen LogP contribution >= 0.6 is 0 Å². The Morgan fingerprint density at radius 3 is 3.00 bits per heavy atom. The topological polar surface area (TPSA) is 38.7 Å². The Labute approximate surface area is 80.9 Å². The van der Waals surface area contributed by atoms with Crippen LogP contribution < -0.4 is 0 Å². The van der Waals surface area contributed by atoms with Crippen LogP contribution in [0, 0.1) is 10.7 Å². The molecule has 14 heavy (non-hydrogen) atoms. The molecule has 0 radical (unpaired) electrons. The van der Waals surface area contributed by atoms with Gasteiger partial charge in [-0.15, -0.1) is 4.91 Å². The molecule has 1 aromatic rings. The van der Waals surface area contributed by atoms with E-state index >= 15 is 0 Å². The van der Waals surface area contributed by atoms with E-state index in [2.05, 4.69) is 5.18 Å². The number of benzene rings is 1. The van der Waals surface area contributed by atoms with Crippen molar-refractivity contribution in [3.05, 3.63) is 34.5 Å². The molecule has 1 aliphatic rings. The van der Waals surface area contributed by atoms with E-state index in [1.54, 1.807) is 0 Å². The Balaban J connectivity index is 2.42. The van der Waals surface area contributed by atoms with Crippen LogP contribution in [0.25, 0.3) is 0 Å². The molecule has 0 N–H and O–H groups in total. The van der Waals surface area contributed by atoms with Crippen LogP contribution in [0.2, 0.25) is 0 Å². The standard InChI is InChI=1S/C10H10FNO2/c11-7-3-1-4-8(12-13)10(7)9-5-2-6-14-9/h1,3-4,9H,2,5-6H2. The fraction of sp³-hybridized carbons (Fsp3) is 0.400. The Morgan fingerprint density at radius 2 is 2.36 bits per heavy atom. The molecular formula is C10H10FNO2. The van der Waals surface area contributed by atoms with Gasteiger partial charge in [-0.25, -0.2) is 4.39 Å². The van der Waals surface area contributed by atoms with E-state index in [1.165, 1.54) is 18.2 Å². The van der Waals surface area contributed by atoms with E-state index in [-0.39, 0.29) is 11.8 Å². The average Bonchev–Trinajstić information content (AvgIpc) is 2.70. The Bertz CT molecular complexity index is 348. The molecule has 0 bridgehead atoms. The normalized spacial score (nSPS) is 21.1. The highest BCUT2D eigenvalue weighted by Gasteiger charge is 2.24. The summed E-state index contributed by atoms with van der Waals surface area (Å²) in [5, 5.41) is 2.81. The van der Waals surface area contributed by atoms with Crippen molar-refractivity contribution in [2.75, 3.05) is 6.61 Å². The lowest BCUT2D eigenvalue weighted by Gasteiger charge is -2.11. The summed E-state index contributed by atoms with van der Waals surface area (Å²) in [5.74, 6) is -0.408. The number of nitrogens with zero attached hydrogens (tertiary/aromatic N) is 1. The molecule has 0 spiro atoms. The molecule has 1 saturated heterocycles. The van der Waals surface area contributed by atoms with Crippen molar-refractivity contribution in [2.45, 2.75) is 18.9 Å². The first-order valence-corrected chi connectivity index (χ1v) is 4.56. The number of halogens is 1. The molecule has 4 heteroatoms. The van der Waals surface area contributed by atoms with Crippen LogP contribution in [0.1, 0.15) is 24.5 Å². The van der Waals surface area contributed by atoms with Gasteiger partial charge in [-0.2, -0.15) is 0 Å². The van der Waals surface area contributed by atoms with Gasteiger partial charge in [0.2, 0.25) is 0 Å². The average molecular weight is 195 g/mol. The van der Waals surface area contributed by atoms with Crippen molar-refractivity contribution in [3.8, 4) is 0 Å². The minimum absolute atomic E-state index is 0.150. The molecular weight excluding hydrogens is 185 g/mol. The molecule has 3 nitrogen and oxygen atoms in total. The third kappa shape index (κ3) is 1.53. The molecule has 1 aromatic carbocycles. The van der Waals surface area contributed by atoms with Crippen molar-refractivity contribution >= 4 is 5.69 Å². The van der Waals surface area contributed by atoms with Gasteiger partial charge in [0, 0.05) is 12.2 Å². The first-order chi connectivity index (χ1) is 6.83. The smallest absolute Gasteiger partial charge is 0.131 e. The fourth-order valence-electron chi connectivity index (χ4n) is 1.73. The lowest BCUT2D eigenvalue weighted by atomic mass is 10.0. The van der Waals surface area contributed by atoms with Gasteiger partial charge in [-0.05, 0) is 30.2 Å². The Hall–Kier alpha value is -1.29. The van der Waals surface area contributed by atoms with Gasteiger partial charge >= 0.3 is 0 Å². The first-order valence-electron chi connectivity index (χ1n) is 4.56. The quantitative estimate of drug-likeness (QED) is 0.680. The van der Waals surface area contributed by atoms with Gasteiger partial charge < -0.3 is 4.74 Å². The van der Waals surface area contributed by atoms with Crippen LogP contribution in [-0.4, -0.2) is 6.61 Å². The van der Waals surface area contributed by atoms with Gasteiger partial charge in [0.1, 0.15) is 11.5 Å². The third-order valence-electron chi connectivity index (χ3n) is 2.38. The van der Waals surface area contributed by atoms with Crippen LogP contribution in [0.15, 0.2) is 23.4 Å². The van der Waals surface area contributed by atoms with Crippen LogP contribution in [0.3, 0.4) is 0 Å². The largest absolute Gasteiger partial charge is 0.373 e. The van der Waals surface area contributed by atoms with Crippen LogP contribution in [-0.2, 0) is 4.74 Å². The van der Waals surface area contributed by atoms with E-state index in [1.807, 2.05) is 0 Å². The van der Waals surface area contributed by atoms with Gasteiger partial charge in [0.25, 0.3) is 0 Å². The maximum Gasteiger partial charge on any atom is 0.131 e. The van der Waals surface area contributed by atoms with E-state index in [4.69, 9.17) is 4.74 Å². The predicted octanol–water partition coefficient (Wildman–Crippen LogP) is 3.08. The third-order valence-corrected chi connectivity index (χ3v) is 2.38. The fourth-order valence-corrected chi connectivity index (χ4v) is 1.73. The zero-order chi connectivity index (χ0) is 9.97. The molecule has 2 rings (SSSR count). The summed E-state index contributed by atoms with van der Waals surface area (Å²) in [6.07, 6.45) is 1.35. The number of nitroso groups, excluding NO2 is 1. The number of hydrogen-bond acceptors (Lipinski definition) is 3. The molecule has 1 fully saturated rings. The number of hydrogen-bond donors (Lipinski definition) is 0. The zero-order valence-corrected chi connectivity index (χ0v) is 7.57. The van der Waals surface area contributed by atoms with Crippen LogP contribution in [0.4, 0.5) is 10.1 Å². The Kier molecular flexibility index (Phi) is 2.54. The minimum Gasteiger partial charge on any atom is -0.373 e. The van der Waals surface area contributed by atoms with Gasteiger partial charge in [0.15, 0.2) is 0 Å². The second-order valence-corrected chi connectivity index (χ2v) is 3.27. The molecule has 1 unspecified atom stereocenters. The van der Waals surface area contributed by atoms with E-state index in [0.29, 0.717) is 12.2 Å². The van der Waals surface area contributed by atoms with E-state index in [9.17, 15) is 9.30 Å². The van der Waals surface area contributed by atoms with Gasteiger partial charge in [-0.3, -0.25) is 0 Å². The maximum atomic E-state index is 13.4. The number of rotatable bonds is 2. The lowest BCUT2D eigenvalue weighted by molar-refractivity contribution is 0.109. The summed E-state index contributed by atoms with van der Waals surface area (Å²) in [4.78, 5) is 10.5. The van der Waals surface area contributed by atoms with Crippen molar-refractivity contribution in [1.82, 2.24) is 0 Å². The highest BCUT2D eigenvalue weighted by atomic mass is 19.1. The SMILES string of the molecule is O=Nc1cccc(F)c1C1CCCO1. The zero-order valence-electron chi connectivity index (χ0n) is 7.57.